The quantitative estimate of drug-likeness (QED) is 0.650. The van der Waals surface area contributed by atoms with Crippen LogP contribution >= 0.6 is 7.26 Å². The third kappa shape index (κ3) is 4.90. The molecule has 0 fully saturated rings. The van der Waals surface area contributed by atoms with E-state index in [2.05, 4.69) is 50.3 Å². The van der Waals surface area contributed by atoms with E-state index in [-0.39, 0.29) is 17.0 Å². The van der Waals surface area contributed by atoms with Crippen LogP contribution in [0.2, 0.25) is 0 Å². The second-order valence-corrected chi connectivity index (χ2v) is 8.83. The van der Waals surface area contributed by atoms with Crippen molar-refractivity contribution in [3.63, 3.8) is 0 Å². The molecule has 0 heterocycles. The highest BCUT2D eigenvalue weighted by molar-refractivity contribution is 7.72. The maximum absolute atomic E-state index is 2.38. The first-order valence-electron chi connectivity index (χ1n) is 3.92. The SMILES string of the molecule is C[P+](C)(C)Cc1ccccc1.[Br-]. The molecule has 0 saturated carbocycles. The molecule has 0 nitrogen and oxygen atoms in total. The van der Waals surface area contributed by atoms with Crippen molar-refractivity contribution in [3.05, 3.63) is 35.9 Å². The Kier molecular flexibility index (Phi) is 5.04. The molecule has 0 saturated heterocycles. The van der Waals surface area contributed by atoms with Gasteiger partial charge in [0.2, 0.25) is 0 Å². The van der Waals surface area contributed by atoms with Crippen molar-refractivity contribution in [1.82, 2.24) is 0 Å². The molecule has 0 spiro atoms. The van der Waals surface area contributed by atoms with Crippen molar-refractivity contribution in [2.24, 2.45) is 0 Å². The smallest absolute Gasteiger partial charge is 0.0834 e. The molecule has 0 aliphatic rings. The molecule has 0 aliphatic carbocycles. The zero-order valence-corrected chi connectivity index (χ0v) is 10.4. The van der Waals surface area contributed by atoms with Gasteiger partial charge in [0.25, 0.3) is 0 Å². The lowest BCUT2D eigenvalue weighted by atomic mass is 10.2. The molecule has 0 radical (unpaired) electrons. The lowest BCUT2D eigenvalue weighted by molar-refractivity contribution is -0.00000262. The third-order valence-corrected chi connectivity index (χ3v) is 2.81. The molecular weight excluding hydrogens is 231 g/mol. The van der Waals surface area contributed by atoms with Crippen LogP contribution in [0.15, 0.2) is 30.3 Å². The third-order valence-electron chi connectivity index (χ3n) is 1.50. The molecule has 68 valence electrons. The van der Waals surface area contributed by atoms with E-state index in [0.717, 1.165) is 0 Å². The van der Waals surface area contributed by atoms with Crippen molar-refractivity contribution in [2.75, 3.05) is 20.0 Å². The normalized spacial score (nSPS) is 10.6. The van der Waals surface area contributed by atoms with Gasteiger partial charge in [0.1, 0.15) is 0 Å². The van der Waals surface area contributed by atoms with Crippen LogP contribution in [0.4, 0.5) is 0 Å². The average Bonchev–Trinajstić information content (AvgIpc) is 1.85. The van der Waals surface area contributed by atoms with Crippen LogP contribution < -0.4 is 17.0 Å². The average molecular weight is 247 g/mol. The molecule has 0 aliphatic heterocycles. The summed E-state index contributed by atoms with van der Waals surface area (Å²) in [6, 6.07) is 10.7. The van der Waals surface area contributed by atoms with Crippen LogP contribution in [0, 0.1) is 0 Å². The summed E-state index contributed by atoms with van der Waals surface area (Å²) in [5.74, 6) is 0. The number of rotatable bonds is 2. The van der Waals surface area contributed by atoms with Gasteiger partial charge in [-0.2, -0.15) is 0 Å². The minimum Gasteiger partial charge on any atom is -1.00 e. The highest BCUT2D eigenvalue weighted by Gasteiger charge is 2.16. The molecule has 2 heteroatoms. The Balaban J connectivity index is 0.00000121. The lowest BCUT2D eigenvalue weighted by Gasteiger charge is -2.10. The summed E-state index contributed by atoms with van der Waals surface area (Å²) in [7, 11) is -0.638. The van der Waals surface area contributed by atoms with E-state index in [1.807, 2.05) is 0 Å². The highest BCUT2D eigenvalue weighted by atomic mass is 79.9. The van der Waals surface area contributed by atoms with Crippen LogP contribution in [-0.4, -0.2) is 20.0 Å². The monoisotopic (exact) mass is 246 g/mol. The van der Waals surface area contributed by atoms with Crippen LogP contribution in [0.1, 0.15) is 5.56 Å². The summed E-state index contributed by atoms with van der Waals surface area (Å²) < 4.78 is 0. The lowest BCUT2D eigenvalue weighted by Crippen LogP contribution is -3.00. The van der Waals surface area contributed by atoms with Crippen molar-refractivity contribution >= 4 is 7.26 Å². The van der Waals surface area contributed by atoms with Gasteiger partial charge in [-0.3, -0.25) is 0 Å². The molecule has 12 heavy (non-hydrogen) atoms. The van der Waals surface area contributed by atoms with Crippen LogP contribution in [0.5, 0.6) is 0 Å². The fourth-order valence-electron chi connectivity index (χ4n) is 1.13. The minimum absolute atomic E-state index is 0. The molecule has 0 unspecified atom stereocenters. The molecule has 0 bridgehead atoms. The van der Waals surface area contributed by atoms with Crippen molar-refractivity contribution in [2.45, 2.75) is 6.16 Å². The highest BCUT2D eigenvalue weighted by Crippen LogP contribution is 2.49. The zero-order chi connectivity index (χ0) is 8.32. The number of benzene rings is 1. The largest absolute Gasteiger partial charge is 1.00 e. The Bertz CT molecular complexity index is 213. The Morgan fingerprint density at radius 3 is 1.92 bits per heavy atom. The Morgan fingerprint density at radius 2 is 1.50 bits per heavy atom. The van der Waals surface area contributed by atoms with Gasteiger partial charge in [0.15, 0.2) is 0 Å². The van der Waals surface area contributed by atoms with Crippen molar-refractivity contribution in [3.8, 4) is 0 Å². The van der Waals surface area contributed by atoms with Crippen LogP contribution in [-0.2, 0) is 6.16 Å². The van der Waals surface area contributed by atoms with E-state index in [1.54, 1.807) is 0 Å². The van der Waals surface area contributed by atoms with Crippen molar-refractivity contribution in [1.29, 1.82) is 0 Å². The second-order valence-electron chi connectivity index (χ2n) is 3.93. The predicted molar refractivity (Wildman–Crippen MR) is 54.8 cm³/mol. The topological polar surface area (TPSA) is 0 Å². The maximum Gasteiger partial charge on any atom is 0.0834 e. The van der Waals surface area contributed by atoms with E-state index in [0.29, 0.717) is 0 Å². The van der Waals surface area contributed by atoms with E-state index in [9.17, 15) is 0 Å². The van der Waals surface area contributed by atoms with Crippen LogP contribution in [0.25, 0.3) is 0 Å². The molecule has 0 amide bonds. The summed E-state index contributed by atoms with van der Waals surface area (Å²) in [6.07, 6.45) is 1.27. The summed E-state index contributed by atoms with van der Waals surface area (Å²) in [5.41, 5.74) is 1.48. The maximum atomic E-state index is 2.38. The van der Waals surface area contributed by atoms with Gasteiger partial charge in [0.05, 0.1) is 6.16 Å². The van der Waals surface area contributed by atoms with Gasteiger partial charge in [-0.05, 0) is 5.56 Å². The fourth-order valence-corrected chi connectivity index (χ4v) is 2.44. The Hall–Kier alpha value is 0.130. The summed E-state index contributed by atoms with van der Waals surface area (Å²) in [5, 5.41) is 0. The summed E-state index contributed by atoms with van der Waals surface area (Å²) in [4.78, 5) is 0. The molecule has 0 N–H and O–H groups in total. The fraction of sp³-hybridized carbons (Fsp3) is 0.400. The Morgan fingerprint density at radius 1 is 1.00 bits per heavy atom. The van der Waals surface area contributed by atoms with Gasteiger partial charge in [-0.15, -0.1) is 0 Å². The first kappa shape index (κ1) is 12.1. The molecular formula is C10H16BrP. The van der Waals surface area contributed by atoms with Gasteiger partial charge in [-0.25, -0.2) is 0 Å². The Labute approximate surface area is 86.5 Å². The molecule has 1 aromatic carbocycles. The summed E-state index contributed by atoms with van der Waals surface area (Å²) in [6.45, 7) is 7.12. The zero-order valence-electron chi connectivity index (χ0n) is 7.92. The summed E-state index contributed by atoms with van der Waals surface area (Å²) >= 11 is 0. The molecule has 0 atom stereocenters. The van der Waals surface area contributed by atoms with E-state index in [4.69, 9.17) is 0 Å². The first-order valence-corrected chi connectivity index (χ1v) is 7.24. The molecule has 1 aromatic rings. The van der Waals surface area contributed by atoms with Crippen LogP contribution in [0.3, 0.4) is 0 Å². The van der Waals surface area contributed by atoms with Gasteiger partial charge >= 0.3 is 0 Å². The first-order chi connectivity index (χ1) is 5.08. The van der Waals surface area contributed by atoms with Crippen molar-refractivity contribution < 1.29 is 17.0 Å². The van der Waals surface area contributed by atoms with E-state index >= 15 is 0 Å². The second kappa shape index (κ2) is 4.99. The molecule has 0 aromatic heterocycles. The number of hydrogen-bond donors (Lipinski definition) is 0. The molecule has 1 rings (SSSR count). The standard InChI is InChI=1S/C10H16P.BrH/c1-11(2,3)9-10-7-5-4-6-8-10;/h4-8H,9H2,1-3H3;1H/q+1;/p-1. The predicted octanol–water partition coefficient (Wildman–Crippen LogP) is 0.0976. The van der Waals surface area contributed by atoms with Gasteiger partial charge < -0.3 is 17.0 Å². The van der Waals surface area contributed by atoms with Gasteiger partial charge in [-0.1, -0.05) is 30.3 Å². The minimum atomic E-state index is -0.638. The number of hydrogen-bond acceptors (Lipinski definition) is 0. The van der Waals surface area contributed by atoms with E-state index in [1.165, 1.54) is 11.7 Å². The van der Waals surface area contributed by atoms with Gasteiger partial charge in [0, 0.05) is 27.3 Å². The van der Waals surface area contributed by atoms with E-state index < -0.39 is 7.26 Å². The number of halogens is 1.